The molecular formula is C19H28N8O. The van der Waals surface area contributed by atoms with Crippen molar-refractivity contribution in [1.82, 2.24) is 25.2 Å². The normalized spacial score (nSPS) is 16.6. The minimum atomic E-state index is -0.0817. The maximum atomic E-state index is 12.2. The largest absolute Gasteiger partial charge is 0.379 e. The number of piperidine rings is 1. The van der Waals surface area contributed by atoms with E-state index in [0.717, 1.165) is 37.3 Å². The molecule has 0 aromatic carbocycles. The van der Waals surface area contributed by atoms with E-state index in [1.54, 1.807) is 18.6 Å². The first-order chi connectivity index (χ1) is 13.5. The smallest absolute Gasteiger partial charge is 0.238 e. The van der Waals surface area contributed by atoms with E-state index in [2.05, 4.69) is 36.2 Å². The molecule has 4 N–H and O–H groups in total. The van der Waals surface area contributed by atoms with Gasteiger partial charge in [0, 0.05) is 18.7 Å². The van der Waals surface area contributed by atoms with Crippen LogP contribution in [0.1, 0.15) is 18.5 Å². The summed E-state index contributed by atoms with van der Waals surface area (Å²) in [6.07, 6.45) is 7.23. The van der Waals surface area contributed by atoms with Crippen molar-refractivity contribution < 1.29 is 4.79 Å². The fourth-order valence-electron chi connectivity index (χ4n) is 3.00. The Bertz CT molecular complexity index is 787. The van der Waals surface area contributed by atoms with Crippen molar-refractivity contribution in [3.05, 3.63) is 30.4 Å². The van der Waals surface area contributed by atoms with Gasteiger partial charge < -0.3 is 26.2 Å². The third kappa shape index (κ3) is 5.86. The second-order valence-corrected chi connectivity index (χ2v) is 7.26. The molecule has 0 bridgehead atoms. The van der Waals surface area contributed by atoms with Gasteiger partial charge in [0.2, 0.25) is 5.91 Å². The number of rotatable bonds is 7. The number of nitrogens with one attached hydrogen (secondary N) is 4. The van der Waals surface area contributed by atoms with Gasteiger partial charge in [0.15, 0.2) is 0 Å². The minimum absolute atomic E-state index is 0.0817. The third-order valence-corrected chi connectivity index (χ3v) is 4.33. The molecule has 1 saturated heterocycles. The van der Waals surface area contributed by atoms with Crippen molar-refractivity contribution >= 4 is 28.9 Å². The highest BCUT2D eigenvalue weighted by Crippen LogP contribution is 2.26. The second-order valence-electron chi connectivity index (χ2n) is 7.26. The van der Waals surface area contributed by atoms with Gasteiger partial charge in [0.1, 0.15) is 11.6 Å². The number of carbonyl (C=O) groups is 1. The van der Waals surface area contributed by atoms with Crippen LogP contribution in [-0.4, -0.2) is 65.5 Å². The minimum Gasteiger partial charge on any atom is -0.379 e. The van der Waals surface area contributed by atoms with Gasteiger partial charge in [-0.15, -0.1) is 0 Å². The van der Waals surface area contributed by atoms with Crippen molar-refractivity contribution in [3.63, 3.8) is 0 Å². The van der Waals surface area contributed by atoms with Crippen LogP contribution in [0.2, 0.25) is 0 Å². The molecule has 1 atom stereocenters. The quantitative estimate of drug-likeness (QED) is 0.570. The number of aromatic nitrogens is 3. The van der Waals surface area contributed by atoms with Gasteiger partial charge in [-0.3, -0.25) is 9.78 Å². The number of pyridine rings is 1. The number of hydrogen-bond donors (Lipinski definition) is 4. The predicted octanol–water partition coefficient (Wildman–Crippen LogP) is 1.59. The van der Waals surface area contributed by atoms with Crippen LogP contribution in [0.3, 0.4) is 0 Å². The lowest BCUT2D eigenvalue weighted by atomic mass is 10.1. The van der Waals surface area contributed by atoms with E-state index in [0.29, 0.717) is 29.9 Å². The number of aryl methyl sites for hydroxylation is 1. The summed E-state index contributed by atoms with van der Waals surface area (Å²) in [5.41, 5.74) is 2.35. The fraction of sp³-hybridized carbons (Fsp3) is 0.474. The zero-order valence-corrected chi connectivity index (χ0v) is 16.6. The molecule has 0 aliphatic carbocycles. The molecule has 28 heavy (non-hydrogen) atoms. The van der Waals surface area contributed by atoms with E-state index in [9.17, 15) is 4.79 Å². The number of likely N-dealkylation sites (N-methyl/N-ethyl adjacent to an activating group) is 1. The topological polar surface area (TPSA) is 107 Å². The van der Waals surface area contributed by atoms with Crippen molar-refractivity contribution in [1.29, 1.82) is 0 Å². The zero-order chi connectivity index (χ0) is 19.9. The Morgan fingerprint density at radius 2 is 2.00 bits per heavy atom. The maximum Gasteiger partial charge on any atom is 0.238 e. The highest BCUT2D eigenvalue weighted by atomic mass is 16.2. The van der Waals surface area contributed by atoms with E-state index < -0.39 is 0 Å². The average Bonchev–Trinajstić information content (AvgIpc) is 2.66. The first-order valence-electron chi connectivity index (χ1n) is 9.47. The van der Waals surface area contributed by atoms with Crippen LogP contribution in [0.4, 0.5) is 23.0 Å². The first kappa shape index (κ1) is 20.0. The maximum absolute atomic E-state index is 12.2. The van der Waals surface area contributed by atoms with Crippen molar-refractivity contribution in [2.24, 2.45) is 0 Å². The molecule has 9 heteroatoms. The van der Waals surface area contributed by atoms with E-state index in [1.807, 2.05) is 32.0 Å². The summed E-state index contributed by atoms with van der Waals surface area (Å²) in [6, 6.07) is 2.19. The van der Waals surface area contributed by atoms with Crippen LogP contribution in [0.5, 0.6) is 0 Å². The van der Waals surface area contributed by atoms with Crippen LogP contribution in [0, 0.1) is 6.92 Å². The standard InChI is InChI=1S/C19H28N8O/c1-13-8-22-18(11-21-13)26-17-7-15(24-14-5-4-6-20-9-14)16(10-23-17)25-19(28)12-27(2)3/h7-8,10-11,14,20H,4-6,9,12H2,1-3H3,(H,25,28)(H2,22,23,24,26)/t14-/m0/s1. The molecule has 1 aliphatic heterocycles. The van der Waals surface area contributed by atoms with E-state index >= 15 is 0 Å². The summed E-state index contributed by atoms with van der Waals surface area (Å²) in [7, 11) is 3.72. The van der Waals surface area contributed by atoms with Crippen molar-refractivity contribution in [2.45, 2.75) is 25.8 Å². The summed E-state index contributed by atoms with van der Waals surface area (Å²) in [4.78, 5) is 27.0. The average molecular weight is 384 g/mol. The first-order valence-corrected chi connectivity index (χ1v) is 9.47. The Balaban J connectivity index is 1.79. The van der Waals surface area contributed by atoms with Gasteiger partial charge in [0.25, 0.3) is 0 Å². The number of carbonyl (C=O) groups excluding carboxylic acids is 1. The van der Waals surface area contributed by atoms with Crippen LogP contribution < -0.4 is 21.3 Å². The molecule has 1 amide bonds. The summed E-state index contributed by atoms with van der Waals surface area (Å²) in [5.74, 6) is 1.17. The molecule has 0 radical (unpaired) electrons. The van der Waals surface area contributed by atoms with Gasteiger partial charge in [-0.05, 0) is 40.4 Å². The molecule has 1 aliphatic rings. The third-order valence-electron chi connectivity index (χ3n) is 4.33. The Kier molecular flexibility index (Phi) is 6.72. The molecular weight excluding hydrogens is 356 g/mol. The monoisotopic (exact) mass is 384 g/mol. The van der Waals surface area contributed by atoms with Crippen molar-refractivity contribution in [2.75, 3.05) is 49.7 Å². The lowest BCUT2D eigenvalue weighted by molar-refractivity contribution is -0.116. The molecule has 0 unspecified atom stereocenters. The van der Waals surface area contributed by atoms with Gasteiger partial charge in [0.05, 0.1) is 42.2 Å². The molecule has 150 valence electrons. The number of hydrogen-bond acceptors (Lipinski definition) is 8. The number of anilines is 4. The predicted molar refractivity (Wildman–Crippen MR) is 111 cm³/mol. The lowest BCUT2D eigenvalue weighted by Gasteiger charge is -2.26. The van der Waals surface area contributed by atoms with Gasteiger partial charge in [-0.1, -0.05) is 0 Å². The van der Waals surface area contributed by atoms with Crippen LogP contribution in [0.15, 0.2) is 24.7 Å². The number of nitrogens with zero attached hydrogens (tertiary/aromatic N) is 4. The Morgan fingerprint density at radius 3 is 2.68 bits per heavy atom. The SMILES string of the molecule is Cc1cnc(Nc2cc(N[C@H]3CCCNC3)c(NC(=O)CN(C)C)cn2)cn1. The molecule has 2 aromatic heterocycles. The molecule has 2 aromatic rings. The highest BCUT2D eigenvalue weighted by Gasteiger charge is 2.16. The van der Waals surface area contributed by atoms with Crippen molar-refractivity contribution in [3.8, 4) is 0 Å². The van der Waals surface area contributed by atoms with Gasteiger partial charge in [-0.25, -0.2) is 9.97 Å². The summed E-state index contributed by atoms with van der Waals surface area (Å²) >= 11 is 0. The molecule has 0 saturated carbocycles. The summed E-state index contributed by atoms with van der Waals surface area (Å²) in [5, 5.41) is 13.0. The summed E-state index contributed by atoms with van der Waals surface area (Å²) < 4.78 is 0. The Morgan fingerprint density at radius 1 is 1.18 bits per heavy atom. The molecule has 3 rings (SSSR count). The molecule has 0 spiro atoms. The van der Waals surface area contributed by atoms with Gasteiger partial charge in [-0.2, -0.15) is 0 Å². The Labute approximate surface area is 165 Å². The Hall–Kier alpha value is -2.78. The van der Waals surface area contributed by atoms with E-state index in [-0.39, 0.29) is 5.91 Å². The second kappa shape index (κ2) is 9.43. The molecule has 1 fully saturated rings. The zero-order valence-electron chi connectivity index (χ0n) is 16.6. The van der Waals surface area contributed by atoms with E-state index in [4.69, 9.17) is 0 Å². The molecule has 9 nitrogen and oxygen atoms in total. The lowest BCUT2D eigenvalue weighted by Crippen LogP contribution is -2.38. The summed E-state index contributed by atoms with van der Waals surface area (Å²) in [6.45, 7) is 4.13. The van der Waals surface area contributed by atoms with Crippen LogP contribution in [-0.2, 0) is 4.79 Å². The van der Waals surface area contributed by atoms with Gasteiger partial charge >= 0.3 is 0 Å². The fourth-order valence-corrected chi connectivity index (χ4v) is 3.00. The van der Waals surface area contributed by atoms with E-state index in [1.165, 1.54) is 0 Å². The van der Waals surface area contributed by atoms with Crippen LogP contribution >= 0.6 is 0 Å². The molecule has 3 heterocycles. The highest BCUT2D eigenvalue weighted by molar-refractivity contribution is 5.95. The van der Waals surface area contributed by atoms with Crippen LogP contribution in [0.25, 0.3) is 0 Å². The number of amides is 1.